The summed E-state index contributed by atoms with van der Waals surface area (Å²) in [6.45, 7) is 5.53. The fraction of sp³-hybridized carbons (Fsp3) is 0.267. The quantitative estimate of drug-likeness (QED) is 0.826. The van der Waals surface area contributed by atoms with Crippen LogP contribution in [0.15, 0.2) is 40.8 Å². The van der Waals surface area contributed by atoms with Crippen LogP contribution >= 0.6 is 0 Å². The SMILES string of the molecule is CC(=O)c1ccc(NC(C)c2ccc(C)o2)cc1. The zero-order valence-corrected chi connectivity index (χ0v) is 10.9. The van der Waals surface area contributed by atoms with Crippen LogP contribution in [0, 0.1) is 6.92 Å². The van der Waals surface area contributed by atoms with Crippen LogP contribution in [0.2, 0.25) is 0 Å². The Labute approximate surface area is 107 Å². The van der Waals surface area contributed by atoms with Gasteiger partial charge in [0, 0.05) is 11.3 Å². The molecule has 1 aromatic heterocycles. The summed E-state index contributed by atoms with van der Waals surface area (Å²) < 4.78 is 5.56. The summed E-state index contributed by atoms with van der Waals surface area (Å²) in [5.74, 6) is 1.89. The van der Waals surface area contributed by atoms with Crippen molar-refractivity contribution in [1.82, 2.24) is 0 Å². The van der Waals surface area contributed by atoms with E-state index in [4.69, 9.17) is 4.42 Å². The summed E-state index contributed by atoms with van der Waals surface area (Å²) in [5.41, 5.74) is 1.70. The Bertz CT molecular complexity index is 540. The number of hydrogen-bond donors (Lipinski definition) is 1. The van der Waals surface area contributed by atoms with Crippen molar-refractivity contribution in [3.8, 4) is 0 Å². The molecule has 0 aliphatic heterocycles. The predicted molar refractivity (Wildman–Crippen MR) is 71.9 cm³/mol. The molecule has 1 atom stereocenters. The number of carbonyl (C=O) groups is 1. The van der Waals surface area contributed by atoms with Gasteiger partial charge in [-0.15, -0.1) is 0 Å². The van der Waals surface area contributed by atoms with Gasteiger partial charge in [0.2, 0.25) is 0 Å². The smallest absolute Gasteiger partial charge is 0.159 e. The third kappa shape index (κ3) is 2.80. The number of anilines is 1. The molecule has 2 rings (SSSR count). The number of rotatable bonds is 4. The summed E-state index contributed by atoms with van der Waals surface area (Å²) in [6, 6.07) is 11.5. The summed E-state index contributed by atoms with van der Waals surface area (Å²) in [5, 5.41) is 3.33. The number of hydrogen-bond acceptors (Lipinski definition) is 3. The molecule has 0 saturated heterocycles. The fourth-order valence-corrected chi connectivity index (χ4v) is 1.81. The third-order valence-electron chi connectivity index (χ3n) is 2.86. The number of furan rings is 1. The van der Waals surface area contributed by atoms with Crippen LogP contribution in [-0.2, 0) is 0 Å². The molecule has 18 heavy (non-hydrogen) atoms. The molecule has 3 nitrogen and oxygen atoms in total. The maximum atomic E-state index is 11.2. The van der Waals surface area contributed by atoms with E-state index in [9.17, 15) is 4.79 Å². The van der Waals surface area contributed by atoms with Crippen LogP contribution < -0.4 is 5.32 Å². The molecule has 3 heteroatoms. The first kappa shape index (κ1) is 12.4. The van der Waals surface area contributed by atoms with Gasteiger partial charge < -0.3 is 9.73 Å². The maximum Gasteiger partial charge on any atom is 0.159 e. The Kier molecular flexibility index (Phi) is 3.51. The molecule has 94 valence electrons. The molecule has 0 spiro atoms. The number of aryl methyl sites for hydroxylation is 1. The molecule has 0 bridgehead atoms. The van der Waals surface area contributed by atoms with Gasteiger partial charge in [0.25, 0.3) is 0 Å². The highest BCUT2D eigenvalue weighted by Crippen LogP contribution is 2.21. The first-order chi connectivity index (χ1) is 8.56. The molecular formula is C15H17NO2. The predicted octanol–water partition coefficient (Wildman–Crippen LogP) is 3.96. The number of ketones is 1. The van der Waals surface area contributed by atoms with Crippen LogP contribution in [-0.4, -0.2) is 5.78 Å². The van der Waals surface area contributed by atoms with Crippen LogP contribution in [0.4, 0.5) is 5.69 Å². The van der Waals surface area contributed by atoms with Crippen molar-refractivity contribution < 1.29 is 9.21 Å². The summed E-state index contributed by atoms with van der Waals surface area (Å²) >= 11 is 0. The maximum absolute atomic E-state index is 11.2. The molecule has 0 amide bonds. The van der Waals surface area contributed by atoms with E-state index in [0.29, 0.717) is 0 Å². The molecule has 0 radical (unpaired) electrons. The van der Waals surface area contributed by atoms with Crippen molar-refractivity contribution in [2.75, 3.05) is 5.32 Å². The number of carbonyl (C=O) groups excluding carboxylic acids is 1. The number of Topliss-reactive ketones (excluding diaryl/α,β-unsaturated/α-hetero) is 1. The lowest BCUT2D eigenvalue weighted by Gasteiger charge is -2.13. The van der Waals surface area contributed by atoms with Gasteiger partial charge >= 0.3 is 0 Å². The minimum absolute atomic E-state index is 0.0799. The fourth-order valence-electron chi connectivity index (χ4n) is 1.81. The second kappa shape index (κ2) is 5.08. The lowest BCUT2D eigenvalue weighted by Crippen LogP contribution is -2.05. The van der Waals surface area contributed by atoms with Crippen LogP contribution in [0.5, 0.6) is 0 Å². The number of benzene rings is 1. The molecule has 1 N–H and O–H groups in total. The van der Waals surface area contributed by atoms with Gasteiger partial charge in [0.1, 0.15) is 11.5 Å². The lowest BCUT2D eigenvalue weighted by atomic mass is 10.1. The van der Waals surface area contributed by atoms with Gasteiger partial charge in [0.05, 0.1) is 6.04 Å². The van der Waals surface area contributed by atoms with Gasteiger partial charge in [0.15, 0.2) is 5.78 Å². The second-order valence-corrected chi connectivity index (χ2v) is 4.45. The van der Waals surface area contributed by atoms with Crippen LogP contribution in [0.1, 0.15) is 41.8 Å². The zero-order chi connectivity index (χ0) is 13.1. The summed E-state index contributed by atoms with van der Waals surface area (Å²) in [7, 11) is 0. The van der Waals surface area contributed by atoms with E-state index in [2.05, 4.69) is 5.32 Å². The molecule has 0 fully saturated rings. The van der Waals surface area contributed by atoms with Crippen molar-refractivity contribution in [2.24, 2.45) is 0 Å². The van der Waals surface area contributed by atoms with E-state index >= 15 is 0 Å². The Hall–Kier alpha value is -2.03. The van der Waals surface area contributed by atoms with Crippen LogP contribution in [0.25, 0.3) is 0 Å². The Morgan fingerprint density at radius 3 is 2.33 bits per heavy atom. The highest BCUT2D eigenvalue weighted by molar-refractivity contribution is 5.94. The normalized spacial score (nSPS) is 12.2. The Morgan fingerprint density at radius 1 is 1.17 bits per heavy atom. The van der Waals surface area contributed by atoms with E-state index < -0.39 is 0 Å². The zero-order valence-electron chi connectivity index (χ0n) is 10.9. The number of nitrogens with one attached hydrogen (secondary N) is 1. The first-order valence-electron chi connectivity index (χ1n) is 6.00. The monoisotopic (exact) mass is 243 g/mol. The Balaban J connectivity index is 2.07. The van der Waals surface area contributed by atoms with Crippen molar-refractivity contribution in [3.63, 3.8) is 0 Å². The van der Waals surface area contributed by atoms with Gasteiger partial charge in [-0.05, 0) is 57.2 Å². The molecular weight excluding hydrogens is 226 g/mol. The van der Waals surface area contributed by atoms with E-state index in [1.54, 1.807) is 6.92 Å². The third-order valence-corrected chi connectivity index (χ3v) is 2.86. The average molecular weight is 243 g/mol. The van der Waals surface area contributed by atoms with Crippen molar-refractivity contribution in [2.45, 2.75) is 26.8 Å². The largest absolute Gasteiger partial charge is 0.464 e. The molecule has 0 aliphatic rings. The van der Waals surface area contributed by atoms with Crippen LogP contribution in [0.3, 0.4) is 0 Å². The van der Waals surface area contributed by atoms with Crippen molar-refractivity contribution >= 4 is 11.5 Å². The second-order valence-electron chi connectivity index (χ2n) is 4.45. The Morgan fingerprint density at radius 2 is 1.83 bits per heavy atom. The van der Waals surface area contributed by atoms with Gasteiger partial charge in [-0.3, -0.25) is 4.79 Å². The molecule has 1 unspecified atom stereocenters. The van der Waals surface area contributed by atoms with Crippen molar-refractivity contribution in [1.29, 1.82) is 0 Å². The highest BCUT2D eigenvalue weighted by Gasteiger charge is 2.09. The lowest BCUT2D eigenvalue weighted by molar-refractivity contribution is 0.101. The van der Waals surface area contributed by atoms with E-state index in [1.807, 2.05) is 50.2 Å². The first-order valence-corrected chi connectivity index (χ1v) is 6.00. The molecule has 1 heterocycles. The van der Waals surface area contributed by atoms with Gasteiger partial charge in [-0.25, -0.2) is 0 Å². The van der Waals surface area contributed by atoms with Gasteiger partial charge in [-0.1, -0.05) is 0 Å². The average Bonchev–Trinajstić information content (AvgIpc) is 2.76. The summed E-state index contributed by atoms with van der Waals surface area (Å²) in [4.78, 5) is 11.2. The molecule has 2 aromatic rings. The summed E-state index contributed by atoms with van der Waals surface area (Å²) in [6.07, 6.45) is 0. The minimum atomic E-state index is 0.0799. The van der Waals surface area contributed by atoms with E-state index in [0.717, 1.165) is 22.8 Å². The van der Waals surface area contributed by atoms with Crippen molar-refractivity contribution in [3.05, 3.63) is 53.5 Å². The topological polar surface area (TPSA) is 42.2 Å². The minimum Gasteiger partial charge on any atom is -0.464 e. The molecule has 0 aliphatic carbocycles. The van der Waals surface area contributed by atoms with E-state index in [1.165, 1.54) is 0 Å². The molecule has 1 aromatic carbocycles. The standard InChI is InChI=1S/C15H17NO2/c1-10-4-9-15(18-10)11(2)16-14-7-5-13(6-8-14)12(3)17/h4-9,11,16H,1-3H3. The van der Waals surface area contributed by atoms with Gasteiger partial charge in [-0.2, -0.15) is 0 Å². The van der Waals surface area contributed by atoms with E-state index in [-0.39, 0.29) is 11.8 Å². The molecule has 0 saturated carbocycles. The highest BCUT2D eigenvalue weighted by atomic mass is 16.3.